The second-order valence-electron chi connectivity index (χ2n) is 2.79. The molecule has 0 radical (unpaired) electrons. The van der Waals surface area contributed by atoms with E-state index in [9.17, 15) is 4.79 Å². The Morgan fingerprint density at radius 1 is 1.82 bits per heavy atom. The van der Waals surface area contributed by atoms with E-state index >= 15 is 0 Å². The third-order valence-corrected chi connectivity index (χ3v) is 1.77. The van der Waals surface area contributed by atoms with Crippen molar-refractivity contribution in [3.05, 3.63) is 18.2 Å². The zero-order valence-electron chi connectivity index (χ0n) is 6.79. The SMILES string of the molecule is CC(=O)C(C)Cc1cnc[nH]1. The smallest absolute Gasteiger partial charge is 0.133 e. The van der Waals surface area contributed by atoms with E-state index in [4.69, 9.17) is 0 Å². The molecule has 0 aromatic carbocycles. The first-order chi connectivity index (χ1) is 5.20. The summed E-state index contributed by atoms with van der Waals surface area (Å²) >= 11 is 0. The van der Waals surface area contributed by atoms with E-state index in [2.05, 4.69) is 9.97 Å². The van der Waals surface area contributed by atoms with Crippen LogP contribution in [0.15, 0.2) is 12.5 Å². The van der Waals surface area contributed by atoms with Crippen molar-refractivity contribution in [3.8, 4) is 0 Å². The standard InChI is InChI=1S/C8H12N2O/c1-6(7(2)11)3-8-4-9-5-10-8/h4-6H,3H2,1-2H3,(H,9,10). The molecular formula is C8H12N2O. The molecule has 0 bridgehead atoms. The van der Waals surface area contributed by atoms with Gasteiger partial charge in [0.15, 0.2) is 0 Å². The fourth-order valence-corrected chi connectivity index (χ4v) is 0.870. The van der Waals surface area contributed by atoms with Gasteiger partial charge in [-0.25, -0.2) is 4.98 Å². The van der Waals surface area contributed by atoms with E-state index in [-0.39, 0.29) is 11.7 Å². The minimum Gasteiger partial charge on any atom is -0.348 e. The van der Waals surface area contributed by atoms with E-state index in [1.54, 1.807) is 19.4 Å². The molecule has 1 rings (SSSR count). The number of Topliss-reactive ketones (excluding diaryl/α,β-unsaturated/α-hetero) is 1. The molecule has 11 heavy (non-hydrogen) atoms. The van der Waals surface area contributed by atoms with Gasteiger partial charge in [-0.15, -0.1) is 0 Å². The Labute approximate surface area is 65.8 Å². The highest BCUT2D eigenvalue weighted by Crippen LogP contribution is 2.04. The van der Waals surface area contributed by atoms with Crippen LogP contribution in [0.2, 0.25) is 0 Å². The molecule has 0 aliphatic heterocycles. The van der Waals surface area contributed by atoms with Gasteiger partial charge in [0.25, 0.3) is 0 Å². The van der Waals surface area contributed by atoms with Crippen LogP contribution in [0, 0.1) is 5.92 Å². The molecule has 0 saturated carbocycles. The third-order valence-electron chi connectivity index (χ3n) is 1.77. The predicted molar refractivity (Wildman–Crippen MR) is 42.1 cm³/mol. The van der Waals surface area contributed by atoms with E-state index < -0.39 is 0 Å². The fraction of sp³-hybridized carbons (Fsp3) is 0.500. The summed E-state index contributed by atoms with van der Waals surface area (Å²) in [7, 11) is 0. The molecule has 0 fully saturated rings. The number of aromatic nitrogens is 2. The van der Waals surface area contributed by atoms with Gasteiger partial charge in [0, 0.05) is 17.8 Å². The number of hydrogen-bond donors (Lipinski definition) is 1. The maximum atomic E-state index is 10.8. The molecule has 3 nitrogen and oxygen atoms in total. The Morgan fingerprint density at radius 3 is 3.00 bits per heavy atom. The zero-order chi connectivity index (χ0) is 8.27. The summed E-state index contributed by atoms with van der Waals surface area (Å²) in [6.07, 6.45) is 4.14. The molecule has 0 aliphatic rings. The predicted octanol–water partition coefficient (Wildman–Crippen LogP) is 1.18. The molecule has 1 unspecified atom stereocenters. The van der Waals surface area contributed by atoms with Crippen LogP contribution in [-0.4, -0.2) is 15.8 Å². The summed E-state index contributed by atoms with van der Waals surface area (Å²) < 4.78 is 0. The fourth-order valence-electron chi connectivity index (χ4n) is 0.870. The Hall–Kier alpha value is -1.12. The van der Waals surface area contributed by atoms with Crippen LogP contribution in [0.3, 0.4) is 0 Å². The number of imidazole rings is 1. The quantitative estimate of drug-likeness (QED) is 0.706. The van der Waals surface area contributed by atoms with Crippen LogP contribution in [-0.2, 0) is 11.2 Å². The molecule has 1 aromatic rings. The third kappa shape index (κ3) is 2.18. The molecular weight excluding hydrogens is 140 g/mol. The minimum absolute atomic E-state index is 0.0930. The van der Waals surface area contributed by atoms with Crippen LogP contribution >= 0.6 is 0 Å². The Balaban J connectivity index is 2.50. The van der Waals surface area contributed by atoms with Gasteiger partial charge in [-0.3, -0.25) is 4.79 Å². The van der Waals surface area contributed by atoms with Crippen LogP contribution in [0.5, 0.6) is 0 Å². The highest BCUT2D eigenvalue weighted by molar-refractivity contribution is 5.78. The summed E-state index contributed by atoms with van der Waals surface area (Å²) in [6.45, 7) is 3.53. The average Bonchev–Trinajstić information content (AvgIpc) is 2.39. The van der Waals surface area contributed by atoms with Gasteiger partial charge in [-0.2, -0.15) is 0 Å². The normalized spacial score (nSPS) is 12.9. The topological polar surface area (TPSA) is 45.8 Å². The Kier molecular flexibility index (Phi) is 2.41. The van der Waals surface area contributed by atoms with Gasteiger partial charge < -0.3 is 4.98 Å². The van der Waals surface area contributed by atoms with Crippen molar-refractivity contribution in [2.75, 3.05) is 0 Å². The van der Waals surface area contributed by atoms with Gasteiger partial charge in [0.05, 0.1) is 6.33 Å². The number of H-pyrrole nitrogens is 1. The molecule has 60 valence electrons. The van der Waals surface area contributed by atoms with Gasteiger partial charge in [0.1, 0.15) is 5.78 Å². The lowest BCUT2D eigenvalue weighted by molar-refractivity contribution is -0.120. The summed E-state index contributed by atoms with van der Waals surface area (Å²) in [4.78, 5) is 17.7. The Bertz CT molecular complexity index is 228. The molecule has 0 amide bonds. The molecule has 1 aromatic heterocycles. The number of nitrogens with zero attached hydrogens (tertiary/aromatic N) is 1. The lowest BCUT2D eigenvalue weighted by Gasteiger charge is -2.03. The van der Waals surface area contributed by atoms with Crippen molar-refractivity contribution in [1.29, 1.82) is 0 Å². The lowest BCUT2D eigenvalue weighted by atomic mass is 10.0. The van der Waals surface area contributed by atoms with Crippen molar-refractivity contribution in [2.45, 2.75) is 20.3 Å². The van der Waals surface area contributed by atoms with E-state index in [1.807, 2.05) is 6.92 Å². The summed E-state index contributed by atoms with van der Waals surface area (Å²) in [5.41, 5.74) is 1.02. The highest BCUT2D eigenvalue weighted by Gasteiger charge is 2.08. The number of ketones is 1. The Morgan fingerprint density at radius 2 is 2.55 bits per heavy atom. The summed E-state index contributed by atoms with van der Waals surface area (Å²) in [6, 6.07) is 0. The molecule has 0 spiro atoms. The maximum absolute atomic E-state index is 10.8. The van der Waals surface area contributed by atoms with Crippen molar-refractivity contribution in [2.24, 2.45) is 5.92 Å². The van der Waals surface area contributed by atoms with Gasteiger partial charge >= 0.3 is 0 Å². The zero-order valence-corrected chi connectivity index (χ0v) is 6.79. The number of aromatic amines is 1. The lowest BCUT2D eigenvalue weighted by Crippen LogP contribution is -2.09. The van der Waals surface area contributed by atoms with Crippen molar-refractivity contribution >= 4 is 5.78 Å². The van der Waals surface area contributed by atoms with E-state index in [1.165, 1.54) is 0 Å². The first-order valence-corrected chi connectivity index (χ1v) is 3.68. The maximum Gasteiger partial charge on any atom is 0.133 e. The molecule has 1 atom stereocenters. The molecule has 3 heteroatoms. The molecule has 1 N–H and O–H groups in total. The number of carbonyl (C=O) groups is 1. The second kappa shape index (κ2) is 3.32. The van der Waals surface area contributed by atoms with Crippen LogP contribution in [0.1, 0.15) is 19.5 Å². The largest absolute Gasteiger partial charge is 0.348 e. The monoisotopic (exact) mass is 152 g/mol. The minimum atomic E-state index is 0.0930. The number of rotatable bonds is 3. The van der Waals surface area contributed by atoms with Crippen molar-refractivity contribution in [1.82, 2.24) is 9.97 Å². The van der Waals surface area contributed by atoms with Gasteiger partial charge in [-0.1, -0.05) is 6.92 Å². The van der Waals surface area contributed by atoms with E-state index in [0.29, 0.717) is 0 Å². The van der Waals surface area contributed by atoms with Crippen molar-refractivity contribution in [3.63, 3.8) is 0 Å². The van der Waals surface area contributed by atoms with Gasteiger partial charge in [-0.05, 0) is 13.3 Å². The number of carbonyl (C=O) groups excluding carboxylic acids is 1. The van der Waals surface area contributed by atoms with Crippen LogP contribution < -0.4 is 0 Å². The highest BCUT2D eigenvalue weighted by atomic mass is 16.1. The second-order valence-corrected chi connectivity index (χ2v) is 2.79. The molecule has 1 heterocycles. The summed E-state index contributed by atoms with van der Waals surface area (Å²) in [5.74, 6) is 0.315. The average molecular weight is 152 g/mol. The first-order valence-electron chi connectivity index (χ1n) is 3.68. The molecule has 0 aliphatic carbocycles. The van der Waals surface area contributed by atoms with Gasteiger partial charge in [0.2, 0.25) is 0 Å². The molecule has 0 saturated heterocycles. The number of hydrogen-bond acceptors (Lipinski definition) is 2. The van der Waals surface area contributed by atoms with Crippen LogP contribution in [0.25, 0.3) is 0 Å². The first kappa shape index (κ1) is 7.98. The van der Waals surface area contributed by atoms with Crippen molar-refractivity contribution < 1.29 is 4.79 Å². The number of nitrogens with one attached hydrogen (secondary N) is 1. The summed E-state index contributed by atoms with van der Waals surface area (Å²) in [5, 5.41) is 0. The van der Waals surface area contributed by atoms with E-state index in [0.717, 1.165) is 12.1 Å². The van der Waals surface area contributed by atoms with Crippen LogP contribution in [0.4, 0.5) is 0 Å².